The predicted octanol–water partition coefficient (Wildman–Crippen LogP) is 1.97. The van der Waals surface area contributed by atoms with Crippen LogP contribution in [0.3, 0.4) is 0 Å². The molecule has 0 aliphatic carbocycles. The van der Waals surface area contributed by atoms with E-state index in [1.807, 2.05) is 17.5 Å². The summed E-state index contributed by atoms with van der Waals surface area (Å²) >= 11 is 1.59. The van der Waals surface area contributed by atoms with Crippen molar-refractivity contribution in [3.8, 4) is 0 Å². The fraction of sp³-hybridized carbons (Fsp3) is 0.385. The van der Waals surface area contributed by atoms with Crippen molar-refractivity contribution >= 4 is 21.4 Å². The van der Waals surface area contributed by atoms with Gasteiger partial charge in [0.1, 0.15) is 16.4 Å². The lowest BCUT2D eigenvalue weighted by atomic mass is 10.2. The van der Waals surface area contributed by atoms with Crippen LogP contribution < -0.4 is 4.72 Å². The molecule has 0 atom stereocenters. The van der Waals surface area contributed by atoms with Gasteiger partial charge in [-0.1, -0.05) is 6.07 Å². The van der Waals surface area contributed by atoms with Gasteiger partial charge in [0.05, 0.1) is 6.61 Å². The molecule has 7 heteroatoms. The topological polar surface area (TPSA) is 79.5 Å². The van der Waals surface area contributed by atoms with Crippen molar-refractivity contribution in [2.24, 2.45) is 0 Å². The molecule has 0 spiro atoms. The van der Waals surface area contributed by atoms with Crippen LogP contribution in [0.15, 0.2) is 26.8 Å². The summed E-state index contributed by atoms with van der Waals surface area (Å²) in [5.74, 6) is 0.735. The van der Waals surface area contributed by atoms with Gasteiger partial charge >= 0.3 is 0 Å². The lowest BCUT2D eigenvalue weighted by Gasteiger charge is -2.07. The van der Waals surface area contributed by atoms with Gasteiger partial charge in [-0.15, -0.1) is 11.3 Å². The molecule has 0 amide bonds. The molecule has 0 saturated heterocycles. The number of hydrogen-bond donors (Lipinski definition) is 2. The van der Waals surface area contributed by atoms with Crippen molar-refractivity contribution in [2.75, 3.05) is 6.54 Å². The Morgan fingerprint density at radius 2 is 2.10 bits per heavy atom. The van der Waals surface area contributed by atoms with E-state index < -0.39 is 10.0 Å². The van der Waals surface area contributed by atoms with Crippen molar-refractivity contribution < 1.29 is 17.9 Å². The minimum Gasteiger partial charge on any atom is -0.465 e. The molecule has 110 valence electrons. The molecule has 2 aromatic rings. The Labute approximate surface area is 122 Å². The number of hydrogen-bond acceptors (Lipinski definition) is 5. The molecule has 2 N–H and O–H groups in total. The van der Waals surface area contributed by atoms with Crippen molar-refractivity contribution in [3.63, 3.8) is 0 Å². The van der Waals surface area contributed by atoms with Gasteiger partial charge in [-0.25, -0.2) is 13.1 Å². The third-order valence-corrected chi connectivity index (χ3v) is 5.59. The van der Waals surface area contributed by atoms with Gasteiger partial charge in [0.25, 0.3) is 0 Å². The Morgan fingerprint density at radius 1 is 1.35 bits per heavy atom. The molecule has 0 aromatic carbocycles. The largest absolute Gasteiger partial charge is 0.465 e. The van der Waals surface area contributed by atoms with Gasteiger partial charge in [-0.3, -0.25) is 0 Å². The first-order valence-corrected chi connectivity index (χ1v) is 8.53. The van der Waals surface area contributed by atoms with Gasteiger partial charge in [0.15, 0.2) is 0 Å². The second-order valence-electron chi connectivity index (χ2n) is 4.41. The van der Waals surface area contributed by atoms with Crippen LogP contribution in [0.4, 0.5) is 0 Å². The lowest BCUT2D eigenvalue weighted by Crippen LogP contribution is -2.27. The summed E-state index contributed by atoms with van der Waals surface area (Å²) in [6, 6.07) is 3.90. The number of aliphatic hydroxyl groups excluding tert-OH is 1. The van der Waals surface area contributed by atoms with E-state index >= 15 is 0 Å². The maximum absolute atomic E-state index is 12.3. The van der Waals surface area contributed by atoms with Crippen LogP contribution >= 0.6 is 11.3 Å². The van der Waals surface area contributed by atoms with Crippen LogP contribution in [-0.4, -0.2) is 20.1 Å². The third-order valence-electron chi connectivity index (χ3n) is 3.00. The first-order chi connectivity index (χ1) is 9.45. The number of rotatable bonds is 6. The molecular formula is C13H17NO4S2. The highest BCUT2D eigenvalue weighted by Gasteiger charge is 2.26. The zero-order valence-electron chi connectivity index (χ0n) is 11.3. The molecule has 20 heavy (non-hydrogen) atoms. The highest BCUT2D eigenvalue weighted by molar-refractivity contribution is 7.89. The van der Waals surface area contributed by atoms with Crippen LogP contribution in [0.25, 0.3) is 0 Å². The number of thiophene rings is 1. The van der Waals surface area contributed by atoms with Gasteiger partial charge < -0.3 is 9.52 Å². The van der Waals surface area contributed by atoms with E-state index in [0.717, 1.165) is 4.88 Å². The molecule has 0 aliphatic rings. The minimum absolute atomic E-state index is 0.0590. The number of furan rings is 1. The zero-order chi connectivity index (χ0) is 14.8. The van der Waals surface area contributed by atoms with E-state index in [2.05, 4.69) is 4.72 Å². The Kier molecular flexibility index (Phi) is 4.64. The molecule has 0 bridgehead atoms. The highest BCUT2D eigenvalue weighted by atomic mass is 32.2. The fourth-order valence-corrected chi connectivity index (χ4v) is 4.26. The van der Waals surface area contributed by atoms with E-state index in [1.165, 1.54) is 0 Å². The standard InChI is InChI=1S/C13H17NO4S2/c1-9-12(8-15)13(10(2)18-9)20(16,17)14-6-5-11-4-3-7-19-11/h3-4,7,14-15H,5-6,8H2,1-2H3. The Morgan fingerprint density at radius 3 is 2.70 bits per heavy atom. The summed E-state index contributed by atoms with van der Waals surface area (Å²) in [5.41, 5.74) is 0.325. The fourth-order valence-electron chi connectivity index (χ4n) is 2.08. The summed E-state index contributed by atoms with van der Waals surface area (Å²) in [4.78, 5) is 1.18. The van der Waals surface area contributed by atoms with Gasteiger partial charge in [-0.05, 0) is 31.7 Å². The van der Waals surface area contributed by atoms with Crippen molar-refractivity contribution in [1.82, 2.24) is 4.72 Å². The van der Waals surface area contributed by atoms with Gasteiger partial charge in [0, 0.05) is 17.0 Å². The number of sulfonamides is 1. The average molecular weight is 315 g/mol. The molecule has 5 nitrogen and oxygen atoms in total. The molecule has 0 aliphatic heterocycles. The van der Waals surface area contributed by atoms with Crippen molar-refractivity contribution in [3.05, 3.63) is 39.5 Å². The second-order valence-corrected chi connectivity index (χ2v) is 7.14. The SMILES string of the molecule is Cc1oc(C)c(S(=O)(=O)NCCc2cccs2)c1CO. The normalized spacial score (nSPS) is 11.9. The summed E-state index contributed by atoms with van der Waals surface area (Å²) in [5, 5.41) is 11.3. The molecule has 0 fully saturated rings. The highest BCUT2D eigenvalue weighted by Crippen LogP contribution is 2.26. The first kappa shape index (κ1) is 15.2. The Balaban J connectivity index is 2.14. The van der Waals surface area contributed by atoms with Crippen LogP contribution in [0, 0.1) is 13.8 Å². The molecule has 0 saturated carbocycles. The summed E-state index contributed by atoms with van der Waals surface area (Å²) < 4.78 is 32.4. The molecule has 2 aromatic heterocycles. The minimum atomic E-state index is -3.67. The van der Waals surface area contributed by atoms with Crippen LogP contribution in [-0.2, 0) is 23.1 Å². The second kappa shape index (κ2) is 6.09. The average Bonchev–Trinajstić information content (AvgIpc) is 2.96. The number of aryl methyl sites for hydroxylation is 2. The maximum Gasteiger partial charge on any atom is 0.244 e. The molecular weight excluding hydrogens is 298 g/mol. The van der Waals surface area contributed by atoms with Crippen LogP contribution in [0.2, 0.25) is 0 Å². The third kappa shape index (κ3) is 3.12. The van der Waals surface area contributed by atoms with Crippen LogP contribution in [0.1, 0.15) is 22.0 Å². The van der Waals surface area contributed by atoms with Gasteiger partial charge in [0.2, 0.25) is 10.0 Å². The van der Waals surface area contributed by atoms with E-state index in [-0.39, 0.29) is 11.5 Å². The van der Waals surface area contributed by atoms with Gasteiger partial charge in [-0.2, -0.15) is 0 Å². The molecule has 0 unspecified atom stereocenters. The number of nitrogens with one attached hydrogen (secondary N) is 1. The first-order valence-electron chi connectivity index (χ1n) is 6.17. The Hall–Kier alpha value is -1.15. The summed E-state index contributed by atoms with van der Waals surface area (Å²) in [6.45, 7) is 3.19. The van der Waals surface area contributed by atoms with E-state index in [9.17, 15) is 13.5 Å². The van der Waals surface area contributed by atoms with E-state index in [0.29, 0.717) is 30.0 Å². The zero-order valence-corrected chi connectivity index (χ0v) is 13.0. The maximum atomic E-state index is 12.3. The Bertz CT molecular complexity index is 672. The van der Waals surface area contributed by atoms with Crippen LogP contribution in [0.5, 0.6) is 0 Å². The van der Waals surface area contributed by atoms with E-state index in [4.69, 9.17) is 4.42 Å². The van der Waals surface area contributed by atoms with Crippen molar-refractivity contribution in [1.29, 1.82) is 0 Å². The summed E-state index contributed by atoms with van der Waals surface area (Å²) in [6.07, 6.45) is 0.640. The molecule has 2 rings (SSSR count). The number of aliphatic hydroxyl groups is 1. The quantitative estimate of drug-likeness (QED) is 0.854. The van der Waals surface area contributed by atoms with E-state index in [1.54, 1.807) is 25.2 Å². The monoisotopic (exact) mass is 315 g/mol. The lowest BCUT2D eigenvalue weighted by molar-refractivity contribution is 0.276. The summed E-state index contributed by atoms with van der Waals surface area (Å²) in [7, 11) is -3.67. The molecule has 2 heterocycles. The van der Waals surface area contributed by atoms with Crippen molar-refractivity contribution in [2.45, 2.75) is 31.8 Å². The predicted molar refractivity (Wildman–Crippen MR) is 77.3 cm³/mol. The molecule has 0 radical (unpaired) electrons. The smallest absolute Gasteiger partial charge is 0.244 e.